The summed E-state index contributed by atoms with van der Waals surface area (Å²) in [7, 11) is 1.29. The summed E-state index contributed by atoms with van der Waals surface area (Å²) in [6.45, 7) is 5.57. The third-order valence-electron chi connectivity index (χ3n) is 6.13. The summed E-state index contributed by atoms with van der Waals surface area (Å²) in [5.41, 5.74) is 2.22. The van der Waals surface area contributed by atoms with Crippen molar-refractivity contribution < 1.29 is 19.1 Å². The largest absolute Gasteiger partial charge is 0.468 e. The lowest BCUT2D eigenvalue weighted by Gasteiger charge is -2.28. The third-order valence-corrected chi connectivity index (χ3v) is 6.13. The van der Waals surface area contributed by atoms with Crippen molar-refractivity contribution in [2.24, 2.45) is 11.8 Å². The summed E-state index contributed by atoms with van der Waals surface area (Å²) in [4.78, 5) is 40.8. The molecule has 2 aliphatic heterocycles. The van der Waals surface area contributed by atoms with Crippen molar-refractivity contribution in [3.63, 3.8) is 0 Å². The van der Waals surface area contributed by atoms with Crippen LogP contribution in [0.25, 0.3) is 0 Å². The number of anilines is 1. The molecule has 0 spiro atoms. The number of nitrogens with zero attached hydrogens (tertiary/aromatic N) is 1. The summed E-state index contributed by atoms with van der Waals surface area (Å²) >= 11 is 0. The molecule has 2 aromatic carbocycles. The van der Waals surface area contributed by atoms with E-state index in [1.54, 1.807) is 19.1 Å². The van der Waals surface area contributed by atoms with Crippen LogP contribution in [0.3, 0.4) is 0 Å². The Labute approximate surface area is 169 Å². The number of rotatable bonds is 3. The predicted octanol–water partition coefficient (Wildman–Crippen LogP) is 2.69. The fraction of sp³-hybridized carbons (Fsp3) is 0.348. The zero-order valence-electron chi connectivity index (χ0n) is 16.9. The molecule has 0 aromatic heterocycles. The van der Waals surface area contributed by atoms with Crippen molar-refractivity contribution in [3.8, 4) is 0 Å². The van der Waals surface area contributed by atoms with Crippen molar-refractivity contribution in [3.05, 3.63) is 65.2 Å². The first-order chi connectivity index (χ1) is 13.8. The van der Waals surface area contributed by atoms with Gasteiger partial charge in [-0.1, -0.05) is 47.5 Å². The molecule has 4 atom stereocenters. The first kappa shape index (κ1) is 19.3. The number of benzene rings is 2. The minimum absolute atomic E-state index is 0.297. The average molecular weight is 392 g/mol. The van der Waals surface area contributed by atoms with Crippen LogP contribution in [-0.2, 0) is 19.1 Å². The van der Waals surface area contributed by atoms with Crippen molar-refractivity contribution >= 4 is 23.5 Å². The topological polar surface area (TPSA) is 75.7 Å². The molecule has 2 heterocycles. The Balaban J connectivity index is 1.81. The lowest BCUT2D eigenvalue weighted by Crippen LogP contribution is -2.54. The molecule has 2 amide bonds. The molecule has 2 aliphatic rings. The van der Waals surface area contributed by atoms with E-state index in [-0.39, 0.29) is 11.8 Å². The van der Waals surface area contributed by atoms with E-state index >= 15 is 0 Å². The van der Waals surface area contributed by atoms with Gasteiger partial charge in [-0.05, 0) is 38.5 Å². The monoisotopic (exact) mass is 392 g/mol. The van der Waals surface area contributed by atoms with Gasteiger partial charge in [0.25, 0.3) is 0 Å². The van der Waals surface area contributed by atoms with Crippen LogP contribution in [0, 0.1) is 25.7 Å². The number of amides is 2. The molecule has 4 rings (SSSR count). The highest BCUT2D eigenvalue weighted by atomic mass is 16.5. The number of esters is 1. The van der Waals surface area contributed by atoms with E-state index in [4.69, 9.17) is 4.74 Å². The quantitative estimate of drug-likeness (QED) is 0.642. The zero-order valence-corrected chi connectivity index (χ0v) is 16.9. The van der Waals surface area contributed by atoms with Crippen molar-refractivity contribution in [2.75, 3.05) is 12.0 Å². The van der Waals surface area contributed by atoms with Gasteiger partial charge in [0.2, 0.25) is 11.8 Å². The fourth-order valence-electron chi connectivity index (χ4n) is 4.55. The van der Waals surface area contributed by atoms with Gasteiger partial charge >= 0.3 is 5.97 Å². The molecular formula is C23H24N2O4. The number of imide groups is 1. The van der Waals surface area contributed by atoms with Crippen LogP contribution < -0.4 is 10.2 Å². The van der Waals surface area contributed by atoms with Crippen LogP contribution in [0.1, 0.15) is 29.7 Å². The Morgan fingerprint density at radius 2 is 1.52 bits per heavy atom. The molecule has 29 heavy (non-hydrogen) atoms. The van der Waals surface area contributed by atoms with E-state index in [0.29, 0.717) is 5.69 Å². The molecule has 0 saturated carbocycles. The van der Waals surface area contributed by atoms with Crippen LogP contribution in [-0.4, -0.2) is 30.4 Å². The van der Waals surface area contributed by atoms with Gasteiger partial charge in [0.1, 0.15) is 5.54 Å². The SMILES string of the molecule is COC(=O)[C@]1(C)N[C@H](c2ccc(C)cc2)[C@H]2C(=O)N(c3ccc(C)cc3)C(=O)[C@@H]21. The number of fused-ring (bicyclic) bond motifs is 1. The van der Waals surface area contributed by atoms with Gasteiger partial charge in [0.05, 0.1) is 24.6 Å². The number of carbonyl (C=O) groups is 3. The Hall–Kier alpha value is -2.99. The molecule has 0 aliphatic carbocycles. The summed E-state index contributed by atoms with van der Waals surface area (Å²) in [6.07, 6.45) is 0. The number of nitrogens with one attached hydrogen (secondary N) is 1. The number of aryl methyl sites for hydroxylation is 2. The van der Waals surface area contributed by atoms with Crippen molar-refractivity contribution in [1.82, 2.24) is 5.32 Å². The van der Waals surface area contributed by atoms with E-state index < -0.39 is 29.4 Å². The molecule has 2 fully saturated rings. The summed E-state index contributed by atoms with van der Waals surface area (Å²) in [5, 5.41) is 3.25. The first-order valence-corrected chi connectivity index (χ1v) is 9.65. The second-order valence-electron chi connectivity index (χ2n) is 8.08. The lowest BCUT2D eigenvalue weighted by atomic mass is 9.80. The molecule has 0 unspecified atom stereocenters. The molecule has 2 aromatic rings. The molecule has 0 radical (unpaired) electrons. The molecule has 1 N–H and O–H groups in total. The van der Waals surface area contributed by atoms with E-state index in [1.165, 1.54) is 12.0 Å². The zero-order chi connectivity index (χ0) is 20.9. The molecular weight excluding hydrogens is 368 g/mol. The maximum absolute atomic E-state index is 13.4. The predicted molar refractivity (Wildman–Crippen MR) is 108 cm³/mol. The Morgan fingerprint density at radius 1 is 0.966 bits per heavy atom. The summed E-state index contributed by atoms with van der Waals surface area (Å²) < 4.78 is 5.01. The van der Waals surface area contributed by atoms with Gasteiger partial charge < -0.3 is 4.74 Å². The molecule has 2 saturated heterocycles. The van der Waals surface area contributed by atoms with Gasteiger partial charge in [-0.3, -0.25) is 19.7 Å². The highest BCUT2D eigenvalue weighted by molar-refractivity contribution is 6.24. The van der Waals surface area contributed by atoms with Crippen LogP contribution in [0.15, 0.2) is 48.5 Å². The van der Waals surface area contributed by atoms with Crippen LogP contribution in [0.4, 0.5) is 5.69 Å². The van der Waals surface area contributed by atoms with Gasteiger partial charge in [0, 0.05) is 6.04 Å². The molecule has 6 heteroatoms. The first-order valence-electron chi connectivity index (χ1n) is 9.65. The van der Waals surface area contributed by atoms with E-state index in [1.807, 2.05) is 50.2 Å². The molecule has 150 valence electrons. The van der Waals surface area contributed by atoms with Gasteiger partial charge in [-0.2, -0.15) is 0 Å². The minimum atomic E-state index is -1.29. The van der Waals surface area contributed by atoms with E-state index in [2.05, 4.69) is 5.32 Å². The molecule has 0 bridgehead atoms. The number of methoxy groups -OCH3 is 1. The maximum atomic E-state index is 13.4. The minimum Gasteiger partial charge on any atom is -0.468 e. The number of carbonyl (C=O) groups excluding carboxylic acids is 3. The molecule has 6 nitrogen and oxygen atoms in total. The average Bonchev–Trinajstić information content (AvgIpc) is 3.17. The maximum Gasteiger partial charge on any atom is 0.326 e. The van der Waals surface area contributed by atoms with Crippen LogP contribution >= 0.6 is 0 Å². The Morgan fingerprint density at radius 3 is 2.07 bits per heavy atom. The standard InChI is InChI=1S/C23H24N2O4/c1-13-5-9-15(10-6-13)19-17-18(23(3,24-19)22(28)29-4)21(27)25(20(17)26)16-11-7-14(2)8-12-16/h5-12,17-19,24H,1-4H3/t17-,18+,19+,23+/m0/s1. The highest BCUT2D eigenvalue weighted by Gasteiger charge is 2.67. The third kappa shape index (κ3) is 2.86. The van der Waals surface area contributed by atoms with Crippen LogP contribution in [0.2, 0.25) is 0 Å². The van der Waals surface area contributed by atoms with Crippen molar-refractivity contribution in [2.45, 2.75) is 32.4 Å². The number of ether oxygens (including phenoxy) is 1. The summed E-state index contributed by atoms with van der Waals surface area (Å²) in [5.74, 6) is -2.74. The normalized spacial score (nSPS) is 28.6. The van der Waals surface area contributed by atoms with Crippen LogP contribution in [0.5, 0.6) is 0 Å². The fourth-order valence-corrected chi connectivity index (χ4v) is 4.55. The Kier molecular flexibility index (Phi) is 4.54. The highest BCUT2D eigenvalue weighted by Crippen LogP contribution is 2.49. The summed E-state index contributed by atoms with van der Waals surface area (Å²) in [6, 6.07) is 14.6. The van der Waals surface area contributed by atoms with E-state index in [9.17, 15) is 14.4 Å². The van der Waals surface area contributed by atoms with Gasteiger partial charge in [-0.15, -0.1) is 0 Å². The second-order valence-corrected chi connectivity index (χ2v) is 8.08. The number of hydrogen-bond acceptors (Lipinski definition) is 5. The smallest absolute Gasteiger partial charge is 0.326 e. The van der Waals surface area contributed by atoms with Gasteiger partial charge in [-0.25, -0.2) is 4.90 Å². The second kappa shape index (κ2) is 6.81. The lowest BCUT2D eigenvalue weighted by molar-refractivity contribution is -0.151. The number of hydrogen-bond donors (Lipinski definition) is 1. The van der Waals surface area contributed by atoms with E-state index in [0.717, 1.165) is 16.7 Å². The Bertz CT molecular complexity index is 983. The van der Waals surface area contributed by atoms with Gasteiger partial charge in [0.15, 0.2) is 0 Å². The van der Waals surface area contributed by atoms with Crippen molar-refractivity contribution in [1.29, 1.82) is 0 Å².